The average Bonchev–Trinajstić information content (AvgIpc) is 3.04. The topological polar surface area (TPSA) is 60.5 Å². The van der Waals surface area contributed by atoms with Crippen LogP contribution in [0.1, 0.15) is 18.1 Å². The van der Waals surface area contributed by atoms with E-state index in [-0.39, 0.29) is 11.7 Å². The maximum absolute atomic E-state index is 13.5. The van der Waals surface area contributed by atoms with Gasteiger partial charge in [0, 0.05) is 18.0 Å². The third-order valence-electron chi connectivity index (χ3n) is 5.17. The summed E-state index contributed by atoms with van der Waals surface area (Å²) in [6.07, 6.45) is 4.99. The van der Waals surface area contributed by atoms with Crippen molar-refractivity contribution in [2.24, 2.45) is 5.41 Å². The van der Waals surface area contributed by atoms with Crippen LogP contribution >= 0.6 is 22.6 Å². The molecule has 144 valence electrons. The Balaban J connectivity index is 1.75. The number of nitrogens with one attached hydrogen (secondary N) is 1. The standard InChI is InChI=1S/C21H18FIN2O3/c1-21-11-28-19(13-3-4-17(27-2)16(23)7-13)18(21)20(26)25-9-14(21)5-12-6-15(22)10-24-8-12/h3-4,6-10H,5,11H2,1-2H3,(H,25,26). The summed E-state index contributed by atoms with van der Waals surface area (Å²) in [7, 11) is 1.62. The SMILES string of the molecule is COc1ccc(C2=C3C(=O)NC=C(Cc4cncc(F)c4)C3(C)CO2)cc1I. The van der Waals surface area contributed by atoms with Crippen LogP contribution < -0.4 is 10.1 Å². The fourth-order valence-electron chi connectivity index (χ4n) is 3.66. The number of rotatable bonds is 4. The van der Waals surface area contributed by atoms with Gasteiger partial charge in [0.15, 0.2) is 0 Å². The molecule has 1 atom stereocenters. The highest BCUT2D eigenvalue weighted by atomic mass is 127. The van der Waals surface area contributed by atoms with Gasteiger partial charge in [-0.25, -0.2) is 4.39 Å². The van der Waals surface area contributed by atoms with E-state index in [0.29, 0.717) is 24.4 Å². The zero-order valence-corrected chi connectivity index (χ0v) is 17.5. The van der Waals surface area contributed by atoms with Crippen LogP contribution in [0.25, 0.3) is 5.76 Å². The van der Waals surface area contributed by atoms with Crippen molar-refractivity contribution in [1.29, 1.82) is 0 Å². The number of carbonyl (C=O) groups excluding carboxylic acids is 1. The molecule has 0 saturated heterocycles. The van der Waals surface area contributed by atoms with E-state index >= 15 is 0 Å². The van der Waals surface area contributed by atoms with Crippen LogP contribution in [0.5, 0.6) is 5.75 Å². The summed E-state index contributed by atoms with van der Waals surface area (Å²) in [4.78, 5) is 16.6. The Kier molecular flexibility index (Phi) is 4.86. The molecule has 0 spiro atoms. The number of pyridine rings is 1. The minimum atomic E-state index is -0.588. The van der Waals surface area contributed by atoms with Gasteiger partial charge >= 0.3 is 0 Å². The van der Waals surface area contributed by atoms with Gasteiger partial charge in [-0.2, -0.15) is 0 Å². The van der Waals surface area contributed by atoms with E-state index in [9.17, 15) is 9.18 Å². The maximum Gasteiger partial charge on any atom is 0.255 e. The van der Waals surface area contributed by atoms with Crippen molar-refractivity contribution in [2.45, 2.75) is 13.3 Å². The zero-order chi connectivity index (χ0) is 19.9. The molecule has 0 bridgehead atoms. The summed E-state index contributed by atoms with van der Waals surface area (Å²) >= 11 is 2.19. The molecule has 1 aromatic heterocycles. The van der Waals surface area contributed by atoms with E-state index in [4.69, 9.17) is 9.47 Å². The van der Waals surface area contributed by atoms with Gasteiger partial charge in [0.1, 0.15) is 23.9 Å². The summed E-state index contributed by atoms with van der Waals surface area (Å²) in [6, 6.07) is 7.14. The predicted octanol–water partition coefficient (Wildman–Crippen LogP) is 3.84. The Morgan fingerprint density at radius 3 is 2.89 bits per heavy atom. The van der Waals surface area contributed by atoms with Crippen molar-refractivity contribution in [3.8, 4) is 5.75 Å². The first-order valence-electron chi connectivity index (χ1n) is 8.73. The van der Waals surface area contributed by atoms with Gasteiger partial charge in [0.2, 0.25) is 0 Å². The monoisotopic (exact) mass is 492 g/mol. The molecule has 0 fully saturated rings. The van der Waals surface area contributed by atoms with E-state index in [0.717, 1.165) is 26.0 Å². The van der Waals surface area contributed by atoms with E-state index in [1.165, 1.54) is 12.3 Å². The fourth-order valence-corrected chi connectivity index (χ4v) is 4.39. The molecule has 28 heavy (non-hydrogen) atoms. The highest BCUT2D eigenvalue weighted by Gasteiger charge is 2.47. The van der Waals surface area contributed by atoms with Crippen LogP contribution in [0.2, 0.25) is 0 Å². The molecule has 1 aromatic carbocycles. The Labute approximate surface area is 175 Å². The Bertz CT molecular complexity index is 1030. The molecule has 2 aliphatic heterocycles. The predicted molar refractivity (Wildman–Crippen MR) is 111 cm³/mol. The molecule has 3 heterocycles. The molecule has 1 N–H and O–H groups in total. The van der Waals surface area contributed by atoms with Gasteiger partial charge in [-0.05, 0) is 71.3 Å². The second kappa shape index (κ2) is 7.20. The van der Waals surface area contributed by atoms with E-state index in [1.54, 1.807) is 19.5 Å². The van der Waals surface area contributed by atoms with Crippen LogP contribution in [0.3, 0.4) is 0 Å². The van der Waals surface area contributed by atoms with Crippen LogP contribution in [-0.4, -0.2) is 24.6 Å². The first-order valence-corrected chi connectivity index (χ1v) is 9.81. The van der Waals surface area contributed by atoms with Gasteiger partial charge in [0.05, 0.1) is 27.9 Å². The number of benzene rings is 1. The molecule has 2 aliphatic rings. The smallest absolute Gasteiger partial charge is 0.255 e. The van der Waals surface area contributed by atoms with Crippen molar-refractivity contribution < 1.29 is 18.7 Å². The highest BCUT2D eigenvalue weighted by molar-refractivity contribution is 14.1. The quantitative estimate of drug-likeness (QED) is 0.660. The highest BCUT2D eigenvalue weighted by Crippen LogP contribution is 2.48. The number of halogens is 2. The molecule has 7 heteroatoms. The Morgan fingerprint density at radius 1 is 1.36 bits per heavy atom. The number of carbonyl (C=O) groups is 1. The molecular formula is C21H18FIN2O3. The summed E-state index contributed by atoms with van der Waals surface area (Å²) in [5.74, 6) is 0.781. The summed E-state index contributed by atoms with van der Waals surface area (Å²) in [5, 5.41) is 2.82. The average molecular weight is 492 g/mol. The summed E-state index contributed by atoms with van der Waals surface area (Å²) in [6.45, 7) is 2.34. The van der Waals surface area contributed by atoms with Gasteiger partial charge in [-0.15, -0.1) is 0 Å². The van der Waals surface area contributed by atoms with Gasteiger partial charge in [0.25, 0.3) is 5.91 Å². The van der Waals surface area contributed by atoms with Crippen molar-refractivity contribution >= 4 is 34.3 Å². The third kappa shape index (κ3) is 3.17. The molecule has 5 nitrogen and oxygen atoms in total. The van der Waals surface area contributed by atoms with Crippen LogP contribution in [0.4, 0.5) is 4.39 Å². The van der Waals surface area contributed by atoms with Crippen molar-refractivity contribution in [3.63, 3.8) is 0 Å². The van der Waals surface area contributed by atoms with Crippen LogP contribution in [0, 0.1) is 14.8 Å². The lowest BCUT2D eigenvalue weighted by molar-refractivity contribution is -0.117. The molecule has 1 amide bonds. The third-order valence-corrected chi connectivity index (χ3v) is 6.01. The van der Waals surface area contributed by atoms with Gasteiger partial charge in [-0.1, -0.05) is 0 Å². The van der Waals surface area contributed by atoms with Crippen molar-refractivity contribution in [1.82, 2.24) is 10.3 Å². The minimum Gasteiger partial charge on any atom is -0.496 e. The lowest BCUT2D eigenvalue weighted by atomic mass is 9.72. The van der Waals surface area contributed by atoms with E-state index in [1.807, 2.05) is 25.1 Å². The minimum absolute atomic E-state index is 0.179. The van der Waals surface area contributed by atoms with Gasteiger partial charge < -0.3 is 14.8 Å². The molecule has 2 aromatic rings. The molecule has 1 unspecified atom stereocenters. The molecule has 4 rings (SSSR count). The number of hydrogen-bond acceptors (Lipinski definition) is 4. The number of aromatic nitrogens is 1. The molecular weight excluding hydrogens is 474 g/mol. The number of methoxy groups -OCH3 is 1. The number of amides is 1. The normalized spacial score (nSPS) is 21.0. The summed E-state index contributed by atoms with van der Waals surface area (Å²) < 4.78 is 25.8. The maximum atomic E-state index is 13.5. The second-order valence-corrected chi connectivity index (χ2v) is 8.17. The van der Waals surface area contributed by atoms with E-state index in [2.05, 4.69) is 32.9 Å². The largest absolute Gasteiger partial charge is 0.496 e. The molecule has 0 saturated carbocycles. The van der Waals surface area contributed by atoms with Crippen LogP contribution in [-0.2, 0) is 16.0 Å². The number of ether oxygens (including phenoxy) is 2. The summed E-state index contributed by atoms with van der Waals surface area (Å²) in [5.41, 5.74) is 2.53. The van der Waals surface area contributed by atoms with Gasteiger partial charge in [-0.3, -0.25) is 9.78 Å². The van der Waals surface area contributed by atoms with Crippen LogP contribution in [0.15, 0.2) is 54.0 Å². The number of hydrogen-bond donors (Lipinski definition) is 1. The molecule has 0 radical (unpaired) electrons. The number of nitrogens with zero attached hydrogens (tertiary/aromatic N) is 1. The van der Waals surface area contributed by atoms with E-state index < -0.39 is 5.41 Å². The molecule has 0 aliphatic carbocycles. The lowest BCUT2D eigenvalue weighted by Crippen LogP contribution is -2.38. The van der Waals surface area contributed by atoms with Crippen molar-refractivity contribution in [2.75, 3.05) is 13.7 Å². The number of fused-ring (bicyclic) bond motifs is 1. The second-order valence-electron chi connectivity index (χ2n) is 7.01. The Morgan fingerprint density at radius 2 is 2.18 bits per heavy atom. The first-order chi connectivity index (χ1) is 13.4. The van der Waals surface area contributed by atoms with Crippen molar-refractivity contribution in [3.05, 3.63) is 74.5 Å². The lowest BCUT2D eigenvalue weighted by Gasteiger charge is -2.32. The zero-order valence-electron chi connectivity index (χ0n) is 15.4. The fraction of sp³-hybridized carbons (Fsp3) is 0.238. The Hall–Kier alpha value is -2.42. The first kappa shape index (κ1) is 18.9.